The number of anilines is 1. The Labute approximate surface area is 147 Å². The Kier molecular flexibility index (Phi) is 5.48. The summed E-state index contributed by atoms with van der Waals surface area (Å²) in [6.45, 7) is 1.94. The van der Waals surface area contributed by atoms with Gasteiger partial charge in [-0.05, 0) is 31.4 Å². The molecule has 6 heteroatoms. The monoisotopic (exact) mass is 341 g/mol. The number of nitrogens with zero attached hydrogens (tertiary/aromatic N) is 2. The molecule has 0 radical (unpaired) electrons. The van der Waals surface area contributed by atoms with E-state index in [2.05, 4.69) is 10.5 Å². The van der Waals surface area contributed by atoms with Crippen LogP contribution in [0.4, 0.5) is 5.82 Å². The lowest BCUT2D eigenvalue weighted by Crippen LogP contribution is -2.46. The van der Waals surface area contributed by atoms with Crippen LogP contribution in [0.3, 0.4) is 0 Å². The molecule has 0 atom stereocenters. The highest BCUT2D eigenvalue weighted by Gasteiger charge is 2.28. The van der Waals surface area contributed by atoms with Gasteiger partial charge in [-0.15, -0.1) is 0 Å². The second-order valence-electron chi connectivity index (χ2n) is 6.47. The maximum absolute atomic E-state index is 13.1. The summed E-state index contributed by atoms with van der Waals surface area (Å²) < 4.78 is 4.72. The van der Waals surface area contributed by atoms with Crippen LogP contribution in [0.2, 0.25) is 0 Å². The van der Waals surface area contributed by atoms with Gasteiger partial charge in [0.15, 0.2) is 5.82 Å². The van der Waals surface area contributed by atoms with Crippen LogP contribution in [0.1, 0.15) is 48.0 Å². The summed E-state index contributed by atoms with van der Waals surface area (Å²) in [6.07, 6.45) is 6.64. The Morgan fingerprint density at radius 1 is 1.20 bits per heavy atom. The second-order valence-corrected chi connectivity index (χ2v) is 6.47. The molecule has 6 nitrogen and oxygen atoms in total. The van der Waals surface area contributed by atoms with Crippen LogP contribution in [0, 0.1) is 6.92 Å². The third-order valence-corrected chi connectivity index (χ3v) is 4.67. The molecule has 25 heavy (non-hydrogen) atoms. The summed E-state index contributed by atoms with van der Waals surface area (Å²) in [6, 6.07) is 9.18. The number of aromatic nitrogens is 1. The number of rotatable bonds is 5. The van der Waals surface area contributed by atoms with Gasteiger partial charge < -0.3 is 14.7 Å². The molecule has 1 N–H and O–H groups in total. The highest BCUT2D eigenvalue weighted by Crippen LogP contribution is 2.24. The van der Waals surface area contributed by atoms with Gasteiger partial charge >= 0.3 is 0 Å². The lowest BCUT2D eigenvalue weighted by Gasteiger charge is -2.34. The van der Waals surface area contributed by atoms with Gasteiger partial charge in [0, 0.05) is 17.7 Å². The van der Waals surface area contributed by atoms with Crippen LogP contribution in [0.5, 0.6) is 0 Å². The molecule has 2 amide bonds. The molecule has 3 rings (SSSR count). The topological polar surface area (TPSA) is 75.4 Å². The fourth-order valence-electron chi connectivity index (χ4n) is 3.34. The van der Waals surface area contributed by atoms with E-state index in [0.717, 1.165) is 31.2 Å². The number of carbonyl (C=O) groups excluding carboxylic acids is 2. The number of aryl methyl sites for hydroxylation is 1. The van der Waals surface area contributed by atoms with Gasteiger partial charge in [-0.2, -0.15) is 0 Å². The molecule has 1 aromatic carbocycles. The van der Waals surface area contributed by atoms with Crippen LogP contribution < -0.4 is 5.32 Å². The molecule has 1 saturated carbocycles. The van der Waals surface area contributed by atoms with E-state index in [1.54, 1.807) is 11.0 Å². The Balaban J connectivity index is 1.78. The van der Waals surface area contributed by atoms with Crippen LogP contribution in [0.25, 0.3) is 0 Å². The number of hydrogen-bond donors (Lipinski definition) is 1. The first-order valence-electron chi connectivity index (χ1n) is 8.72. The van der Waals surface area contributed by atoms with E-state index < -0.39 is 0 Å². The first-order valence-corrected chi connectivity index (χ1v) is 8.72. The summed E-state index contributed by atoms with van der Waals surface area (Å²) in [5, 5.41) is 6.36. The molecule has 0 saturated heterocycles. The molecule has 1 aliphatic rings. The molecular weight excluding hydrogens is 318 g/mol. The number of benzene rings is 1. The third-order valence-electron chi connectivity index (χ3n) is 4.67. The van der Waals surface area contributed by atoms with Crippen molar-refractivity contribution in [1.29, 1.82) is 0 Å². The molecule has 0 spiro atoms. The minimum atomic E-state index is -0.263. The predicted molar refractivity (Wildman–Crippen MR) is 94.2 cm³/mol. The number of nitrogens with one attached hydrogen (secondary N) is 1. The van der Waals surface area contributed by atoms with E-state index in [0.29, 0.717) is 11.4 Å². The number of hydrogen-bond acceptors (Lipinski definition) is 4. The summed E-state index contributed by atoms with van der Waals surface area (Å²) in [4.78, 5) is 27.2. The van der Waals surface area contributed by atoms with E-state index in [-0.39, 0.29) is 24.4 Å². The SMILES string of the molecule is Cc1ccccc1C(=O)N(CC(=O)Nc1ccon1)C1CCCCC1. The minimum absolute atomic E-state index is 0.0185. The van der Waals surface area contributed by atoms with Gasteiger partial charge in [0.05, 0.1) is 0 Å². The van der Waals surface area contributed by atoms with Gasteiger partial charge in [0.2, 0.25) is 5.91 Å². The van der Waals surface area contributed by atoms with Crippen LogP contribution in [-0.2, 0) is 4.79 Å². The van der Waals surface area contributed by atoms with Gasteiger partial charge in [-0.3, -0.25) is 9.59 Å². The van der Waals surface area contributed by atoms with E-state index in [4.69, 9.17) is 4.52 Å². The van der Waals surface area contributed by atoms with Crippen LogP contribution >= 0.6 is 0 Å². The largest absolute Gasteiger partial charge is 0.363 e. The molecule has 1 aromatic heterocycles. The molecule has 0 aliphatic heterocycles. The fourth-order valence-corrected chi connectivity index (χ4v) is 3.34. The van der Waals surface area contributed by atoms with Crippen molar-refractivity contribution in [3.63, 3.8) is 0 Å². The summed E-state index contributed by atoms with van der Waals surface area (Å²) in [5.74, 6) is 0.0126. The van der Waals surface area contributed by atoms with Gasteiger partial charge in [0.1, 0.15) is 12.8 Å². The van der Waals surface area contributed by atoms with Crippen molar-refractivity contribution in [3.05, 3.63) is 47.7 Å². The maximum Gasteiger partial charge on any atom is 0.254 e. The Bertz CT molecular complexity index is 721. The van der Waals surface area contributed by atoms with Crippen LogP contribution in [-0.4, -0.2) is 34.5 Å². The Morgan fingerprint density at radius 2 is 1.96 bits per heavy atom. The predicted octanol–water partition coefficient (Wildman–Crippen LogP) is 3.40. The first-order chi connectivity index (χ1) is 12.1. The van der Waals surface area contributed by atoms with Crippen molar-refractivity contribution < 1.29 is 14.1 Å². The smallest absolute Gasteiger partial charge is 0.254 e. The number of carbonyl (C=O) groups is 2. The van der Waals surface area contributed by atoms with Gasteiger partial charge in [-0.25, -0.2) is 0 Å². The standard InChI is InChI=1S/C19H23N3O3/c1-14-7-5-6-10-16(14)19(24)22(15-8-3-2-4-9-15)13-18(23)20-17-11-12-25-21-17/h5-7,10-12,15H,2-4,8-9,13H2,1H3,(H,20,21,23). The fraction of sp³-hybridized carbons (Fsp3) is 0.421. The summed E-state index contributed by atoms with van der Waals surface area (Å²) in [5.41, 5.74) is 1.58. The molecule has 2 aromatic rings. The van der Waals surface area contributed by atoms with E-state index >= 15 is 0 Å². The Morgan fingerprint density at radius 3 is 2.64 bits per heavy atom. The zero-order chi connectivity index (χ0) is 17.6. The van der Waals surface area contributed by atoms with Crippen molar-refractivity contribution in [2.75, 3.05) is 11.9 Å². The molecule has 0 bridgehead atoms. The highest BCUT2D eigenvalue weighted by molar-refractivity contribution is 6.00. The lowest BCUT2D eigenvalue weighted by molar-refractivity contribution is -0.117. The van der Waals surface area contributed by atoms with Crippen molar-refractivity contribution in [3.8, 4) is 0 Å². The molecule has 1 aliphatic carbocycles. The molecule has 0 unspecified atom stereocenters. The number of amides is 2. The third kappa shape index (κ3) is 4.26. The van der Waals surface area contributed by atoms with Crippen molar-refractivity contribution in [2.45, 2.75) is 45.1 Å². The normalized spacial score (nSPS) is 14.9. The van der Waals surface area contributed by atoms with Crippen molar-refractivity contribution >= 4 is 17.6 Å². The average molecular weight is 341 g/mol. The van der Waals surface area contributed by atoms with Crippen molar-refractivity contribution in [2.24, 2.45) is 0 Å². The first kappa shape index (κ1) is 17.2. The zero-order valence-electron chi connectivity index (χ0n) is 14.4. The molecule has 1 fully saturated rings. The van der Waals surface area contributed by atoms with Gasteiger partial charge in [0.25, 0.3) is 5.91 Å². The van der Waals surface area contributed by atoms with E-state index in [1.165, 1.54) is 12.7 Å². The molecule has 1 heterocycles. The maximum atomic E-state index is 13.1. The highest BCUT2D eigenvalue weighted by atomic mass is 16.5. The Hall–Kier alpha value is -2.63. The summed E-state index contributed by atoms with van der Waals surface area (Å²) in [7, 11) is 0. The molecular formula is C19H23N3O3. The second kappa shape index (κ2) is 7.96. The lowest BCUT2D eigenvalue weighted by atomic mass is 9.93. The van der Waals surface area contributed by atoms with E-state index in [1.807, 2.05) is 31.2 Å². The minimum Gasteiger partial charge on any atom is -0.363 e. The van der Waals surface area contributed by atoms with E-state index in [9.17, 15) is 9.59 Å². The van der Waals surface area contributed by atoms with Gasteiger partial charge in [-0.1, -0.05) is 42.6 Å². The summed E-state index contributed by atoms with van der Waals surface area (Å²) >= 11 is 0. The average Bonchev–Trinajstić information content (AvgIpc) is 3.13. The van der Waals surface area contributed by atoms with Crippen molar-refractivity contribution in [1.82, 2.24) is 10.1 Å². The molecule has 132 valence electrons. The van der Waals surface area contributed by atoms with Crippen LogP contribution in [0.15, 0.2) is 41.1 Å². The zero-order valence-corrected chi connectivity index (χ0v) is 14.4. The quantitative estimate of drug-likeness (QED) is 0.904.